The Bertz CT molecular complexity index is 1360. The second-order valence-corrected chi connectivity index (χ2v) is 7.43. The number of pyridine rings is 1. The van der Waals surface area contributed by atoms with E-state index in [0.29, 0.717) is 16.5 Å². The topological polar surface area (TPSA) is 62.5 Å². The monoisotopic (exact) mass is 343 g/mol. The zero-order chi connectivity index (χ0) is 18.4. The summed E-state index contributed by atoms with van der Waals surface area (Å²) < 4.78 is 1.91. The quantitative estimate of drug-likeness (QED) is 0.365. The molecular formula is C22H17NO3. The molecule has 1 aliphatic rings. The van der Waals surface area contributed by atoms with Crippen molar-refractivity contribution in [2.45, 2.75) is 19.3 Å². The highest BCUT2D eigenvalue weighted by Crippen LogP contribution is 2.51. The van der Waals surface area contributed by atoms with Crippen LogP contribution in [0.1, 0.15) is 19.4 Å². The van der Waals surface area contributed by atoms with Crippen LogP contribution >= 0.6 is 0 Å². The van der Waals surface area contributed by atoms with Crippen molar-refractivity contribution in [3.8, 4) is 11.5 Å². The van der Waals surface area contributed by atoms with E-state index in [1.54, 1.807) is 0 Å². The van der Waals surface area contributed by atoms with Crippen LogP contribution in [-0.2, 0) is 5.41 Å². The smallest absolute Gasteiger partial charge is 0.201 e. The normalized spacial score (nSPS) is 15.4. The minimum atomic E-state index is -0.560. The lowest BCUT2D eigenvalue weighted by Gasteiger charge is -2.22. The van der Waals surface area contributed by atoms with E-state index in [-0.39, 0.29) is 22.3 Å². The molecule has 0 amide bonds. The summed E-state index contributed by atoms with van der Waals surface area (Å²) in [5, 5.41) is 23.6. The van der Waals surface area contributed by atoms with E-state index in [9.17, 15) is 15.0 Å². The fourth-order valence-electron chi connectivity index (χ4n) is 4.34. The first kappa shape index (κ1) is 15.0. The number of nitrogens with zero attached hydrogens (tertiary/aromatic N) is 1. The number of rotatable bonds is 0. The van der Waals surface area contributed by atoms with Gasteiger partial charge in [-0.1, -0.05) is 50.8 Å². The van der Waals surface area contributed by atoms with E-state index in [2.05, 4.69) is 6.58 Å². The number of benzene rings is 3. The van der Waals surface area contributed by atoms with Crippen LogP contribution in [0.5, 0.6) is 11.5 Å². The lowest BCUT2D eigenvalue weighted by Crippen LogP contribution is -2.15. The van der Waals surface area contributed by atoms with Crippen molar-refractivity contribution in [1.82, 2.24) is 4.57 Å². The van der Waals surface area contributed by atoms with Crippen LogP contribution < -0.4 is 5.43 Å². The third-order valence-electron chi connectivity index (χ3n) is 5.70. The number of hydrogen-bond donors (Lipinski definition) is 2. The SMILES string of the molecule is C=C1n2c3ccc4ccccc4c3c(=O)c3c(O)cc(O)c(c32)C1(C)C. The Hall–Kier alpha value is -3.27. The summed E-state index contributed by atoms with van der Waals surface area (Å²) in [6.07, 6.45) is 0. The molecule has 4 heteroatoms. The Labute approximate surface area is 149 Å². The van der Waals surface area contributed by atoms with Crippen LogP contribution in [0.2, 0.25) is 0 Å². The third-order valence-corrected chi connectivity index (χ3v) is 5.70. The predicted octanol–water partition coefficient (Wildman–Crippen LogP) is 4.48. The Morgan fingerprint density at radius 2 is 1.73 bits per heavy atom. The Balaban J connectivity index is 2.21. The van der Waals surface area contributed by atoms with Crippen molar-refractivity contribution >= 4 is 38.3 Å². The summed E-state index contributed by atoms with van der Waals surface area (Å²) in [6, 6.07) is 12.9. The van der Waals surface area contributed by atoms with Gasteiger partial charge in [0.15, 0.2) is 0 Å². The molecule has 0 aliphatic carbocycles. The van der Waals surface area contributed by atoms with E-state index >= 15 is 0 Å². The summed E-state index contributed by atoms with van der Waals surface area (Å²) >= 11 is 0. The maximum absolute atomic E-state index is 13.4. The zero-order valence-electron chi connectivity index (χ0n) is 14.5. The highest BCUT2D eigenvalue weighted by atomic mass is 16.3. The first-order valence-electron chi connectivity index (χ1n) is 8.49. The second kappa shape index (κ2) is 4.47. The molecule has 0 unspecified atom stereocenters. The number of fused-ring (bicyclic) bond motifs is 4. The van der Waals surface area contributed by atoms with Gasteiger partial charge < -0.3 is 14.8 Å². The molecule has 4 aromatic rings. The van der Waals surface area contributed by atoms with Crippen LogP contribution in [0.15, 0.2) is 53.8 Å². The average Bonchev–Trinajstić information content (AvgIpc) is 2.80. The summed E-state index contributed by atoms with van der Waals surface area (Å²) in [7, 11) is 0. The van der Waals surface area contributed by atoms with Crippen molar-refractivity contribution in [1.29, 1.82) is 0 Å². The highest BCUT2D eigenvalue weighted by molar-refractivity contribution is 6.14. The predicted molar refractivity (Wildman–Crippen MR) is 105 cm³/mol. The van der Waals surface area contributed by atoms with E-state index in [0.717, 1.165) is 22.0 Å². The molecule has 3 aromatic carbocycles. The van der Waals surface area contributed by atoms with Gasteiger partial charge in [0.2, 0.25) is 5.43 Å². The molecular weight excluding hydrogens is 326 g/mol. The minimum Gasteiger partial charge on any atom is -0.507 e. The molecule has 0 atom stereocenters. The number of allylic oxidation sites excluding steroid dienone is 1. The standard InChI is InChI=1S/C22H17NO3/c1-11-22(2,3)19-16(25)10-15(24)18-20(19)23(11)14-9-8-12-6-4-5-7-13(12)17(14)21(18)26/h4-10,24-25H,1H2,2-3H3. The van der Waals surface area contributed by atoms with E-state index < -0.39 is 5.41 Å². The van der Waals surface area contributed by atoms with Crippen LogP contribution in [-0.4, -0.2) is 14.8 Å². The van der Waals surface area contributed by atoms with Crippen molar-refractivity contribution in [2.24, 2.45) is 0 Å². The molecule has 0 bridgehead atoms. The molecule has 4 nitrogen and oxygen atoms in total. The molecule has 5 rings (SSSR count). The molecule has 0 spiro atoms. The number of aromatic hydroxyl groups is 2. The molecule has 0 saturated carbocycles. The second-order valence-electron chi connectivity index (χ2n) is 7.43. The number of phenolic OH excluding ortho intramolecular Hbond substituents is 2. The van der Waals surface area contributed by atoms with Gasteiger partial charge in [0.05, 0.1) is 21.8 Å². The lowest BCUT2D eigenvalue weighted by atomic mass is 9.83. The summed E-state index contributed by atoms with van der Waals surface area (Å²) in [6.45, 7) is 8.17. The maximum atomic E-state index is 13.4. The van der Waals surface area contributed by atoms with Crippen LogP contribution in [0, 0.1) is 0 Å². The van der Waals surface area contributed by atoms with Crippen LogP contribution in [0.25, 0.3) is 38.3 Å². The van der Waals surface area contributed by atoms with Gasteiger partial charge in [-0.25, -0.2) is 0 Å². The molecule has 26 heavy (non-hydrogen) atoms. The maximum Gasteiger partial charge on any atom is 0.201 e. The van der Waals surface area contributed by atoms with Gasteiger partial charge in [-0.15, -0.1) is 0 Å². The molecule has 1 aromatic heterocycles. The largest absolute Gasteiger partial charge is 0.507 e. The van der Waals surface area contributed by atoms with Crippen LogP contribution in [0.3, 0.4) is 0 Å². The first-order chi connectivity index (χ1) is 12.3. The molecule has 1 aliphatic heterocycles. The van der Waals surface area contributed by atoms with E-state index in [1.165, 1.54) is 6.07 Å². The summed E-state index contributed by atoms with van der Waals surface area (Å²) in [5.74, 6) is -0.229. The molecule has 0 saturated heterocycles. The molecule has 128 valence electrons. The fraction of sp³-hybridized carbons (Fsp3) is 0.136. The van der Waals surface area contributed by atoms with Gasteiger partial charge in [-0.05, 0) is 16.8 Å². The number of phenols is 2. The zero-order valence-corrected chi connectivity index (χ0v) is 14.5. The number of aromatic nitrogens is 1. The molecule has 0 radical (unpaired) electrons. The van der Waals surface area contributed by atoms with Gasteiger partial charge in [0.1, 0.15) is 11.5 Å². The average molecular weight is 343 g/mol. The van der Waals surface area contributed by atoms with Crippen molar-refractivity contribution in [3.05, 3.63) is 64.8 Å². The minimum absolute atomic E-state index is 0.0214. The third kappa shape index (κ3) is 1.53. The Kier molecular flexibility index (Phi) is 2.58. The fourth-order valence-corrected chi connectivity index (χ4v) is 4.34. The Morgan fingerprint density at radius 3 is 2.50 bits per heavy atom. The molecule has 2 heterocycles. The molecule has 0 fully saturated rings. The van der Waals surface area contributed by atoms with Gasteiger partial charge >= 0.3 is 0 Å². The van der Waals surface area contributed by atoms with Gasteiger partial charge in [-0.3, -0.25) is 4.79 Å². The summed E-state index contributed by atoms with van der Waals surface area (Å²) in [4.78, 5) is 13.4. The van der Waals surface area contributed by atoms with Crippen molar-refractivity contribution in [2.75, 3.05) is 0 Å². The van der Waals surface area contributed by atoms with Crippen LogP contribution in [0.4, 0.5) is 0 Å². The van der Waals surface area contributed by atoms with E-state index in [1.807, 2.05) is 54.8 Å². The number of hydrogen-bond acceptors (Lipinski definition) is 3. The lowest BCUT2D eigenvalue weighted by molar-refractivity contribution is 0.445. The van der Waals surface area contributed by atoms with Gasteiger partial charge in [0, 0.05) is 22.7 Å². The first-order valence-corrected chi connectivity index (χ1v) is 8.49. The van der Waals surface area contributed by atoms with Crippen molar-refractivity contribution < 1.29 is 10.2 Å². The summed E-state index contributed by atoms with van der Waals surface area (Å²) in [5.41, 5.74) is 1.89. The van der Waals surface area contributed by atoms with Crippen molar-refractivity contribution in [3.63, 3.8) is 0 Å². The van der Waals surface area contributed by atoms with E-state index in [4.69, 9.17) is 0 Å². The highest BCUT2D eigenvalue weighted by Gasteiger charge is 2.40. The Morgan fingerprint density at radius 1 is 1.00 bits per heavy atom. The van der Waals surface area contributed by atoms with Gasteiger partial charge in [0.25, 0.3) is 0 Å². The van der Waals surface area contributed by atoms with Gasteiger partial charge in [-0.2, -0.15) is 0 Å². The molecule has 2 N–H and O–H groups in total.